The standard InChI is InChI=1S/C18H32N/c1-3-5-7-9-11-15-19-16-13-18(14-17-19)12-10-8-6-4-2/h13-14,16-17H,3-12,15H2,1-2H3/q+1. The van der Waals surface area contributed by atoms with Crippen molar-refractivity contribution in [2.45, 2.75) is 84.6 Å². The lowest BCUT2D eigenvalue weighted by Gasteiger charge is -2.01. The summed E-state index contributed by atoms with van der Waals surface area (Å²) in [7, 11) is 0. The van der Waals surface area contributed by atoms with Gasteiger partial charge in [0.1, 0.15) is 6.54 Å². The van der Waals surface area contributed by atoms with Crippen molar-refractivity contribution in [2.75, 3.05) is 0 Å². The normalized spacial score (nSPS) is 10.8. The predicted molar refractivity (Wildman–Crippen MR) is 83.2 cm³/mol. The van der Waals surface area contributed by atoms with Crippen molar-refractivity contribution >= 4 is 0 Å². The molecule has 0 aromatic carbocycles. The van der Waals surface area contributed by atoms with Crippen LogP contribution in [-0.2, 0) is 13.0 Å². The summed E-state index contributed by atoms with van der Waals surface area (Å²) in [4.78, 5) is 0. The van der Waals surface area contributed by atoms with Gasteiger partial charge in [0.15, 0.2) is 12.4 Å². The number of pyridine rings is 1. The SMILES string of the molecule is CCCCCCC[n+]1ccc(CCCCCC)cc1. The molecule has 1 heteroatoms. The Labute approximate surface area is 120 Å². The molecule has 1 heterocycles. The first-order valence-corrected chi connectivity index (χ1v) is 8.34. The molecule has 0 radical (unpaired) electrons. The van der Waals surface area contributed by atoms with E-state index in [-0.39, 0.29) is 0 Å². The summed E-state index contributed by atoms with van der Waals surface area (Å²) in [5, 5.41) is 0. The molecule has 0 saturated carbocycles. The van der Waals surface area contributed by atoms with E-state index in [0.717, 1.165) is 0 Å². The fourth-order valence-electron chi connectivity index (χ4n) is 2.46. The topological polar surface area (TPSA) is 3.88 Å². The fraction of sp³-hybridized carbons (Fsp3) is 0.722. The molecule has 1 nitrogen and oxygen atoms in total. The van der Waals surface area contributed by atoms with Crippen LogP contribution in [0, 0.1) is 0 Å². The number of rotatable bonds is 11. The largest absolute Gasteiger partial charge is 0.205 e. The molecular weight excluding hydrogens is 230 g/mol. The molecule has 0 bridgehead atoms. The molecule has 1 rings (SSSR count). The summed E-state index contributed by atoms with van der Waals surface area (Å²) in [6, 6.07) is 4.61. The first kappa shape index (κ1) is 16.2. The zero-order valence-corrected chi connectivity index (χ0v) is 13.0. The van der Waals surface area contributed by atoms with Crippen molar-refractivity contribution in [1.29, 1.82) is 0 Å². The molecule has 0 aliphatic rings. The summed E-state index contributed by atoms with van der Waals surface area (Å²) >= 11 is 0. The van der Waals surface area contributed by atoms with E-state index < -0.39 is 0 Å². The number of nitrogens with zero attached hydrogens (tertiary/aromatic N) is 1. The second-order valence-corrected chi connectivity index (χ2v) is 5.67. The van der Waals surface area contributed by atoms with Gasteiger partial charge < -0.3 is 0 Å². The molecular formula is C18H32N+. The number of hydrogen-bond acceptors (Lipinski definition) is 0. The van der Waals surface area contributed by atoms with Gasteiger partial charge in [-0.15, -0.1) is 0 Å². The molecule has 0 atom stereocenters. The van der Waals surface area contributed by atoms with Crippen molar-refractivity contribution in [2.24, 2.45) is 0 Å². The van der Waals surface area contributed by atoms with Gasteiger partial charge in [-0.3, -0.25) is 0 Å². The second kappa shape index (κ2) is 11.0. The third kappa shape index (κ3) is 8.02. The smallest absolute Gasteiger partial charge is 0.169 e. The lowest BCUT2D eigenvalue weighted by atomic mass is 10.1. The third-order valence-corrected chi connectivity index (χ3v) is 3.80. The zero-order chi connectivity index (χ0) is 13.8. The van der Waals surface area contributed by atoms with Crippen LogP contribution in [0.5, 0.6) is 0 Å². The Morgan fingerprint density at radius 3 is 1.95 bits per heavy atom. The first-order valence-electron chi connectivity index (χ1n) is 8.34. The van der Waals surface area contributed by atoms with E-state index in [1.807, 2.05) is 0 Å². The molecule has 0 N–H and O–H groups in total. The van der Waals surface area contributed by atoms with Gasteiger partial charge in [0, 0.05) is 18.6 Å². The van der Waals surface area contributed by atoms with Crippen molar-refractivity contribution in [3.8, 4) is 0 Å². The summed E-state index contributed by atoms with van der Waals surface area (Å²) in [6.45, 7) is 5.72. The Morgan fingerprint density at radius 1 is 0.737 bits per heavy atom. The molecule has 0 aliphatic heterocycles. The van der Waals surface area contributed by atoms with Crippen molar-refractivity contribution in [3.05, 3.63) is 30.1 Å². The highest BCUT2D eigenvalue weighted by molar-refractivity contribution is 5.07. The molecule has 0 fully saturated rings. The van der Waals surface area contributed by atoms with Crippen LogP contribution in [0.15, 0.2) is 24.5 Å². The van der Waals surface area contributed by atoms with Gasteiger partial charge in [0.25, 0.3) is 0 Å². The van der Waals surface area contributed by atoms with Crippen LogP contribution >= 0.6 is 0 Å². The average molecular weight is 262 g/mol. The Balaban J connectivity index is 2.16. The number of aryl methyl sites for hydroxylation is 2. The maximum atomic E-state index is 2.33. The third-order valence-electron chi connectivity index (χ3n) is 3.80. The molecule has 0 amide bonds. The summed E-state index contributed by atoms with van der Waals surface area (Å²) in [6.07, 6.45) is 18.0. The summed E-state index contributed by atoms with van der Waals surface area (Å²) in [5.74, 6) is 0. The predicted octanol–water partition coefficient (Wildman–Crippen LogP) is 5.07. The van der Waals surface area contributed by atoms with Gasteiger partial charge in [0.05, 0.1) is 0 Å². The molecule has 0 spiro atoms. The van der Waals surface area contributed by atoms with E-state index in [0.29, 0.717) is 0 Å². The fourth-order valence-corrected chi connectivity index (χ4v) is 2.46. The van der Waals surface area contributed by atoms with Crippen molar-refractivity contribution < 1.29 is 4.57 Å². The molecule has 0 aliphatic carbocycles. The zero-order valence-electron chi connectivity index (χ0n) is 13.0. The minimum absolute atomic E-state index is 1.18. The minimum Gasteiger partial charge on any atom is -0.205 e. The molecule has 0 saturated heterocycles. The van der Waals surface area contributed by atoms with Crippen LogP contribution < -0.4 is 4.57 Å². The van der Waals surface area contributed by atoms with Gasteiger partial charge in [0.2, 0.25) is 0 Å². The highest BCUT2D eigenvalue weighted by Gasteiger charge is 2.01. The monoisotopic (exact) mass is 262 g/mol. The van der Waals surface area contributed by atoms with Gasteiger partial charge in [-0.1, -0.05) is 52.4 Å². The van der Waals surface area contributed by atoms with Gasteiger partial charge >= 0.3 is 0 Å². The highest BCUT2D eigenvalue weighted by atomic mass is 14.9. The van der Waals surface area contributed by atoms with E-state index in [4.69, 9.17) is 0 Å². The van der Waals surface area contributed by atoms with Gasteiger partial charge in [-0.05, 0) is 24.8 Å². The van der Waals surface area contributed by atoms with Crippen LogP contribution in [0.4, 0.5) is 0 Å². The van der Waals surface area contributed by atoms with E-state index in [2.05, 4.69) is 42.9 Å². The number of hydrogen-bond donors (Lipinski definition) is 0. The summed E-state index contributed by atoms with van der Waals surface area (Å²) in [5.41, 5.74) is 1.50. The molecule has 108 valence electrons. The molecule has 1 aromatic heterocycles. The first-order chi connectivity index (χ1) is 9.36. The van der Waals surface area contributed by atoms with Crippen LogP contribution in [0.3, 0.4) is 0 Å². The Kier molecular flexibility index (Phi) is 9.40. The molecule has 1 aromatic rings. The van der Waals surface area contributed by atoms with Gasteiger partial charge in [-0.2, -0.15) is 0 Å². The highest BCUT2D eigenvalue weighted by Crippen LogP contribution is 2.06. The lowest BCUT2D eigenvalue weighted by Crippen LogP contribution is -2.32. The number of unbranched alkanes of at least 4 members (excludes halogenated alkanes) is 7. The Hall–Kier alpha value is -0.850. The van der Waals surface area contributed by atoms with E-state index in [1.54, 1.807) is 0 Å². The Morgan fingerprint density at radius 2 is 1.32 bits per heavy atom. The average Bonchev–Trinajstić information content (AvgIpc) is 2.45. The van der Waals surface area contributed by atoms with Gasteiger partial charge in [-0.25, -0.2) is 4.57 Å². The maximum absolute atomic E-state index is 2.33. The van der Waals surface area contributed by atoms with Crippen LogP contribution in [0.2, 0.25) is 0 Å². The van der Waals surface area contributed by atoms with Crippen LogP contribution in [-0.4, -0.2) is 0 Å². The molecule has 0 unspecified atom stereocenters. The van der Waals surface area contributed by atoms with E-state index in [1.165, 1.54) is 76.3 Å². The van der Waals surface area contributed by atoms with Crippen molar-refractivity contribution in [1.82, 2.24) is 0 Å². The Bertz CT molecular complexity index is 302. The van der Waals surface area contributed by atoms with E-state index in [9.17, 15) is 0 Å². The van der Waals surface area contributed by atoms with Crippen LogP contribution in [0.1, 0.15) is 77.2 Å². The van der Waals surface area contributed by atoms with Crippen LogP contribution in [0.25, 0.3) is 0 Å². The van der Waals surface area contributed by atoms with Crippen molar-refractivity contribution in [3.63, 3.8) is 0 Å². The summed E-state index contributed by atoms with van der Waals surface area (Å²) < 4.78 is 2.33. The molecule has 19 heavy (non-hydrogen) atoms. The van der Waals surface area contributed by atoms with E-state index >= 15 is 0 Å². The lowest BCUT2D eigenvalue weighted by molar-refractivity contribution is -0.697. The second-order valence-electron chi connectivity index (χ2n) is 5.67. The minimum atomic E-state index is 1.18. The maximum Gasteiger partial charge on any atom is 0.169 e. The quantitative estimate of drug-likeness (QED) is 0.387. The number of aromatic nitrogens is 1.